The molecule has 0 saturated carbocycles. The van der Waals surface area contributed by atoms with E-state index in [1.807, 2.05) is 0 Å². The number of aromatic nitrogens is 2. The molecule has 9 nitrogen and oxygen atoms in total. The highest BCUT2D eigenvalue weighted by Crippen LogP contribution is 2.27. The van der Waals surface area contributed by atoms with E-state index in [0.717, 1.165) is 22.9 Å². The first-order valence-electron chi connectivity index (χ1n) is 7.90. The van der Waals surface area contributed by atoms with Crippen LogP contribution in [0.1, 0.15) is 6.42 Å². The Morgan fingerprint density at radius 1 is 1.38 bits per heavy atom. The lowest BCUT2D eigenvalue weighted by Gasteiger charge is -2.12. The van der Waals surface area contributed by atoms with Crippen LogP contribution in [0.4, 0.5) is 29.1 Å². The third-order valence-electron chi connectivity index (χ3n) is 3.21. The minimum atomic E-state index is -4.97. The van der Waals surface area contributed by atoms with Crippen molar-refractivity contribution in [3.8, 4) is 5.75 Å². The molecule has 0 radical (unpaired) electrons. The summed E-state index contributed by atoms with van der Waals surface area (Å²) in [5, 5.41) is 13.5. The number of rotatable bonds is 8. The Morgan fingerprint density at radius 3 is 2.76 bits per heavy atom. The summed E-state index contributed by atoms with van der Waals surface area (Å²) in [4.78, 5) is 26.5. The minimum absolute atomic E-state index is 0.138. The summed E-state index contributed by atoms with van der Waals surface area (Å²) in [5.41, 5.74) is 1.38. The summed E-state index contributed by atoms with van der Waals surface area (Å²) in [6, 6.07) is 2.31. The van der Waals surface area contributed by atoms with Crippen molar-refractivity contribution in [2.45, 2.75) is 12.8 Å². The monoisotopic (exact) mass is 414 g/mol. The van der Waals surface area contributed by atoms with Gasteiger partial charge in [0.25, 0.3) is 5.56 Å². The third-order valence-corrected chi connectivity index (χ3v) is 3.21. The van der Waals surface area contributed by atoms with Crippen LogP contribution in [0.3, 0.4) is 0 Å². The zero-order valence-corrected chi connectivity index (χ0v) is 14.5. The van der Waals surface area contributed by atoms with Gasteiger partial charge in [-0.3, -0.25) is 9.36 Å². The van der Waals surface area contributed by atoms with Crippen LogP contribution < -0.4 is 21.0 Å². The molecule has 0 fully saturated rings. The van der Waals surface area contributed by atoms with Gasteiger partial charge >= 0.3 is 6.36 Å². The molecule has 154 valence electrons. The van der Waals surface area contributed by atoms with Crippen LogP contribution in [0.5, 0.6) is 5.75 Å². The standard InChI is InChI=1S/C16H14F4N6O3/c17-11-8-10(29-16(18,19)20)2-3-12(11)24-14-15(28)26(6-5-22-14)13(9-21)25-23-4-1-7-27/h2-3,5-9,21,23H,1,4H2,(H,22,24)/b21-9?,25-13+. The molecule has 13 heteroatoms. The second-order valence-electron chi connectivity index (χ2n) is 5.24. The average molecular weight is 414 g/mol. The summed E-state index contributed by atoms with van der Waals surface area (Å²) in [6.45, 7) is 0.184. The second-order valence-corrected chi connectivity index (χ2v) is 5.24. The van der Waals surface area contributed by atoms with E-state index in [0.29, 0.717) is 12.4 Å². The topological polar surface area (TPSA) is 121 Å². The summed E-state index contributed by atoms with van der Waals surface area (Å²) in [7, 11) is 0. The number of halogens is 4. The van der Waals surface area contributed by atoms with E-state index in [-0.39, 0.29) is 30.3 Å². The molecule has 0 aliphatic carbocycles. The number of ether oxygens (including phenoxy) is 1. The zero-order valence-electron chi connectivity index (χ0n) is 14.5. The highest BCUT2D eigenvalue weighted by atomic mass is 19.4. The molecule has 2 aromatic rings. The van der Waals surface area contributed by atoms with Crippen molar-refractivity contribution in [3.63, 3.8) is 0 Å². The fourth-order valence-electron chi connectivity index (χ4n) is 2.02. The fraction of sp³-hybridized carbons (Fsp3) is 0.188. The molecule has 0 atom stereocenters. The quantitative estimate of drug-likeness (QED) is 0.152. The number of nitrogens with zero attached hydrogens (tertiary/aromatic N) is 3. The highest BCUT2D eigenvalue weighted by Gasteiger charge is 2.31. The summed E-state index contributed by atoms with van der Waals surface area (Å²) < 4.78 is 55.2. The number of aldehydes is 1. The van der Waals surface area contributed by atoms with Crippen molar-refractivity contribution in [1.29, 1.82) is 5.41 Å². The van der Waals surface area contributed by atoms with Crippen LogP contribution in [0.25, 0.3) is 0 Å². The Labute approximate surface area is 160 Å². The first kappa shape index (κ1) is 21.5. The lowest BCUT2D eigenvalue weighted by molar-refractivity contribution is -0.274. The van der Waals surface area contributed by atoms with Gasteiger partial charge in [0.15, 0.2) is 11.7 Å². The van der Waals surface area contributed by atoms with Gasteiger partial charge in [0.1, 0.15) is 17.9 Å². The van der Waals surface area contributed by atoms with Gasteiger partial charge in [-0.25, -0.2) is 9.37 Å². The van der Waals surface area contributed by atoms with Crippen LogP contribution in [0, 0.1) is 11.2 Å². The van der Waals surface area contributed by atoms with Gasteiger partial charge < -0.3 is 25.7 Å². The number of benzene rings is 1. The molecular formula is C16H14F4N6O3. The van der Waals surface area contributed by atoms with Gasteiger partial charge in [-0.15, -0.1) is 13.2 Å². The molecule has 0 aliphatic heterocycles. The molecule has 3 N–H and O–H groups in total. The molecule has 1 aromatic carbocycles. The van der Waals surface area contributed by atoms with Crippen molar-refractivity contribution >= 4 is 29.8 Å². The predicted molar refractivity (Wildman–Crippen MR) is 95.2 cm³/mol. The summed E-state index contributed by atoms with van der Waals surface area (Å²) in [5.74, 6) is -2.38. The van der Waals surface area contributed by atoms with E-state index in [2.05, 4.69) is 25.6 Å². The molecule has 0 amide bonds. The molecule has 0 saturated heterocycles. The normalized spacial score (nSPS) is 11.7. The van der Waals surface area contributed by atoms with Crippen molar-refractivity contribution in [3.05, 3.63) is 46.8 Å². The molecule has 1 aromatic heterocycles. The minimum Gasteiger partial charge on any atom is -0.406 e. The largest absolute Gasteiger partial charge is 0.573 e. The van der Waals surface area contributed by atoms with Crippen molar-refractivity contribution in [2.75, 3.05) is 11.9 Å². The van der Waals surface area contributed by atoms with Gasteiger partial charge in [0.05, 0.1) is 11.9 Å². The van der Waals surface area contributed by atoms with Crippen LogP contribution in [0.2, 0.25) is 0 Å². The molecule has 0 unspecified atom stereocenters. The van der Waals surface area contributed by atoms with Gasteiger partial charge in [0, 0.05) is 31.4 Å². The van der Waals surface area contributed by atoms with Gasteiger partial charge in [-0.1, -0.05) is 0 Å². The van der Waals surface area contributed by atoms with Crippen LogP contribution in [-0.4, -0.2) is 40.8 Å². The molecular weight excluding hydrogens is 400 g/mol. The van der Waals surface area contributed by atoms with E-state index in [4.69, 9.17) is 5.41 Å². The first-order valence-corrected chi connectivity index (χ1v) is 7.90. The maximum absolute atomic E-state index is 14.1. The SMILES string of the molecule is N=C/C(=N\NCCC=O)n1ccnc(Nc2ccc(OC(F)(F)F)cc2F)c1=O. The van der Waals surface area contributed by atoms with Gasteiger partial charge in [-0.05, 0) is 12.1 Å². The van der Waals surface area contributed by atoms with Crippen molar-refractivity contribution < 1.29 is 27.1 Å². The molecule has 29 heavy (non-hydrogen) atoms. The third kappa shape index (κ3) is 6.12. The lowest BCUT2D eigenvalue weighted by Crippen LogP contribution is -2.31. The maximum Gasteiger partial charge on any atom is 0.573 e. The fourth-order valence-corrected chi connectivity index (χ4v) is 2.02. The number of carbonyl (C=O) groups is 1. The van der Waals surface area contributed by atoms with Crippen LogP contribution in [-0.2, 0) is 4.79 Å². The van der Waals surface area contributed by atoms with Gasteiger partial charge in [-0.2, -0.15) is 5.10 Å². The zero-order chi connectivity index (χ0) is 21.4. The average Bonchev–Trinajstić information content (AvgIpc) is 2.65. The lowest BCUT2D eigenvalue weighted by atomic mass is 10.3. The van der Waals surface area contributed by atoms with Crippen molar-refractivity contribution in [2.24, 2.45) is 5.10 Å². The Balaban J connectivity index is 2.26. The van der Waals surface area contributed by atoms with E-state index in [1.54, 1.807) is 0 Å². The summed E-state index contributed by atoms with van der Waals surface area (Å²) in [6.07, 6.45) is -1.00. The Morgan fingerprint density at radius 2 is 2.14 bits per heavy atom. The number of hydrogen-bond acceptors (Lipinski definition) is 8. The number of hydrazone groups is 1. The highest BCUT2D eigenvalue weighted by molar-refractivity contribution is 6.29. The number of nitrogens with one attached hydrogen (secondary N) is 3. The second kappa shape index (κ2) is 9.43. The van der Waals surface area contributed by atoms with Crippen molar-refractivity contribution in [1.82, 2.24) is 15.0 Å². The van der Waals surface area contributed by atoms with E-state index < -0.39 is 23.5 Å². The number of hydrogen-bond donors (Lipinski definition) is 3. The molecule has 0 bridgehead atoms. The first-order chi connectivity index (χ1) is 13.7. The smallest absolute Gasteiger partial charge is 0.406 e. The molecule has 0 spiro atoms. The van der Waals surface area contributed by atoms with E-state index >= 15 is 0 Å². The Bertz CT molecular complexity index is 974. The summed E-state index contributed by atoms with van der Waals surface area (Å²) >= 11 is 0. The molecule has 0 aliphatic rings. The van der Waals surface area contributed by atoms with E-state index in [9.17, 15) is 27.2 Å². The Kier molecular flexibility index (Phi) is 7.00. The molecule has 2 rings (SSSR count). The molecule has 1 heterocycles. The van der Waals surface area contributed by atoms with E-state index in [1.165, 1.54) is 12.4 Å². The van der Waals surface area contributed by atoms with Crippen LogP contribution >= 0.6 is 0 Å². The number of carbonyl (C=O) groups excluding carboxylic acids is 1. The predicted octanol–water partition coefficient (Wildman–Crippen LogP) is 2.01. The number of anilines is 2. The Hall–Kier alpha value is -3.77. The van der Waals surface area contributed by atoms with Gasteiger partial charge in [0.2, 0.25) is 0 Å². The number of alkyl halides is 3. The van der Waals surface area contributed by atoms with Crippen LogP contribution in [0.15, 0.2) is 40.5 Å². The maximum atomic E-state index is 14.1.